The molecule has 0 unspecified atom stereocenters. The Balaban J connectivity index is 1.05. The first kappa shape index (κ1) is 53.7. The van der Waals surface area contributed by atoms with Crippen LogP contribution < -0.4 is 0 Å². The Kier molecular flexibility index (Phi) is 14.8. The first-order valence-electron chi connectivity index (χ1n) is 24.7. The smallest absolute Gasteiger partial charge is 0.315 e. The van der Waals surface area contributed by atoms with E-state index in [2.05, 4.69) is 33.8 Å². The maximum absolute atomic E-state index is 14.7. The fourth-order valence-electron chi connectivity index (χ4n) is 15.3. The molecule has 21 nitrogen and oxygen atoms in total. The van der Waals surface area contributed by atoms with Crippen molar-refractivity contribution < 1.29 is 105 Å². The molecule has 8 rings (SSSR count). The van der Waals surface area contributed by atoms with Crippen LogP contribution in [-0.4, -0.2) is 214 Å². The van der Waals surface area contributed by atoms with E-state index in [1.54, 1.807) is 6.92 Å². The monoisotopic (exact) mass is 991 g/mol. The minimum Gasteiger partial charge on any atom is -0.432 e. The van der Waals surface area contributed by atoms with Gasteiger partial charge in [-0.3, -0.25) is 4.79 Å². The van der Waals surface area contributed by atoms with Gasteiger partial charge in [0.2, 0.25) is 6.29 Å². The highest BCUT2D eigenvalue weighted by atomic mass is 16.7. The van der Waals surface area contributed by atoms with Crippen LogP contribution in [0.5, 0.6) is 0 Å². The molecule has 5 aliphatic carbocycles. The second-order valence-corrected chi connectivity index (χ2v) is 23.7. The van der Waals surface area contributed by atoms with Gasteiger partial charge in [-0.2, -0.15) is 0 Å². The number of carbonyl (C=O) groups excluding carboxylic acids is 1. The number of hydrogen-bond donors (Lipinski definition) is 14. The molecule has 14 N–H and O–H groups in total. The summed E-state index contributed by atoms with van der Waals surface area (Å²) in [4.78, 5) is 14.7. The summed E-state index contributed by atoms with van der Waals surface area (Å²) < 4.78 is 34.9. The molecule has 0 amide bonds. The SMILES string of the molecule is CC1(C)CC[C@]2(C(=O)O[C@@H]3O[C@H](CO)[C@@H](O)[C@H](O)[C@H]3O)CC[C@]3(C)C(=CC[C@@H]4[C@@]5(C)C[C@H](O)[C@H](O[C@@H]6O[C@H](CO[C@@H]7O[C@H](CO)[C@@H](O)[C@H](O)[C@H]7O)[C@@H](O)[C@H](O)[C@H]6O)[C@@](C)(CO)[C@@H]5[C@H](O)C[C@]43C)[C@@H]2C1. The lowest BCUT2D eigenvalue weighted by molar-refractivity contribution is -0.359. The maximum Gasteiger partial charge on any atom is 0.315 e. The van der Waals surface area contributed by atoms with E-state index in [0.29, 0.717) is 38.5 Å². The summed E-state index contributed by atoms with van der Waals surface area (Å²) in [6.07, 6.45) is -22.7. The molecule has 26 atom stereocenters. The van der Waals surface area contributed by atoms with Gasteiger partial charge in [0, 0.05) is 11.3 Å². The van der Waals surface area contributed by atoms with Gasteiger partial charge in [-0.1, -0.05) is 53.2 Å². The number of aliphatic hydroxyl groups excluding tert-OH is 14. The Morgan fingerprint density at radius 2 is 1.16 bits per heavy atom. The van der Waals surface area contributed by atoms with Crippen molar-refractivity contribution in [3.8, 4) is 0 Å². The lowest BCUT2D eigenvalue weighted by Crippen LogP contribution is -2.72. The third-order valence-electron chi connectivity index (χ3n) is 19.3. The van der Waals surface area contributed by atoms with Crippen molar-refractivity contribution in [2.75, 3.05) is 26.4 Å². The zero-order valence-electron chi connectivity index (χ0n) is 40.3. The molecule has 7 fully saturated rings. The molecule has 3 aliphatic heterocycles. The van der Waals surface area contributed by atoms with Crippen LogP contribution in [-0.2, 0) is 33.2 Å². The number of ether oxygens (including phenoxy) is 6. The number of hydrogen-bond acceptors (Lipinski definition) is 21. The van der Waals surface area contributed by atoms with Gasteiger partial charge < -0.3 is 99.9 Å². The summed E-state index contributed by atoms with van der Waals surface area (Å²) in [6, 6.07) is 0. The van der Waals surface area contributed by atoms with E-state index in [9.17, 15) is 76.3 Å². The minimum atomic E-state index is -1.87. The van der Waals surface area contributed by atoms with Gasteiger partial charge in [-0.15, -0.1) is 0 Å². The van der Waals surface area contributed by atoms with E-state index in [1.807, 2.05) is 6.92 Å². The second-order valence-electron chi connectivity index (χ2n) is 23.7. The molecule has 0 spiro atoms. The highest BCUT2D eigenvalue weighted by Crippen LogP contribution is 2.76. The zero-order chi connectivity index (χ0) is 50.7. The van der Waals surface area contributed by atoms with Crippen molar-refractivity contribution in [1.82, 2.24) is 0 Å². The molecule has 21 heteroatoms. The van der Waals surface area contributed by atoms with E-state index in [4.69, 9.17) is 28.4 Å². The fourth-order valence-corrected chi connectivity index (χ4v) is 15.3. The number of fused-ring (bicyclic) bond motifs is 7. The highest BCUT2D eigenvalue weighted by molar-refractivity contribution is 5.79. The number of esters is 1. The molecule has 0 aromatic carbocycles. The number of rotatable bonds is 10. The quantitative estimate of drug-likeness (QED) is 0.0591. The van der Waals surface area contributed by atoms with Gasteiger partial charge in [-0.05, 0) is 84.9 Å². The summed E-state index contributed by atoms with van der Waals surface area (Å²) in [6.45, 7) is 9.80. The summed E-state index contributed by atoms with van der Waals surface area (Å²) in [7, 11) is 0. The summed E-state index contributed by atoms with van der Waals surface area (Å²) in [5.74, 6) is -1.81. The molecule has 0 radical (unpaired) electrons. The van der Waals surface area contributed by atoms with Crippen molar-refractivity contribution in [2.45, 2.75) is 203 Å². The molecule has 3 heterocycles. The van der Waals surface area contributed by atoms with E-state index in [0.717, 1.165) is 5.57 Å². The van der Waals surface area contributed by atoms with Crippen LogP contribution in [0.2, 0.25) is 0 Å². The normalized spacial score (nSPS) is 55.1. The Bertz CT molecular complexity index is 1890. The Morgan fingerprint density at radius 3 is 1.75 bits per heavy atom. The molecule has 396 valence electrons. The summed E-state index contributed by atoms with van der Waals surface area (Å²) in [5.41, 5.74) is -3.61. The molecule has 8 aliphatic rings. The standard InChI is InChI=1S/C48H78O21/c1-43(2)9-11-48(42(63)69-41-36(62)32(58)29(55)25(17-50)66-41)12-10-46(5)20(21(48)13-43)7-8-27-44(3)14-23(53)38(45(4,19-51)37(44)22(52)15-47(27,46)6)68-40-35(61)33(59)30(56)26(67-40)18-64-39-34(60)31(57)28(54)24(16-49)65-39/h7,21-41,49-62H,8-19H2,1-6H3/t21-,22+,23-,24+,25+,26+,27+,28+,29+,30+,31-,32-,33-,34+,35+,36+,37+,38-,39+,40-,41-,44+,45-,46+,47+,48-/m0/s1. The molecule has 3 saturated heterocycles. The minimum absolute atomic E-state index is 0.0813. The average Bonchev–Trinajstić information content (AvgIpc) is 3.29. The second kappa shape index (κ2) is 19.0. The lowest BCUT2D eigenvalue weighted by atomic mass is 9.33. The van der Waals surface area contributed by atoms with E-state index in [1.165, 1.54) is 0 Å². The van der Waals surface area contributed by atoms with Crippen molar-refractivity contribution >= 4 is 5.97 Å². The molecule has 4 saturated carbocycles. The largest absolute Gasteiger partial charge is 0.432 e. The molecular formula is C48H78O21. The van der Waals surface area contributed by atoms with Gasteiger partial charge in [0.15, 0.2) is 12.6 Å². The lowest BCUT2D eigenvalue weighted by Gasteiger charge is -2.72. The number of aliphatic hydroxyl groups is 14. The maximum atomic E-state index is 14.7. The average molecular weight is 991 g/mol. The van der Waals surface area contributed by atoms with Gasteiger partial charge in [0.25, 0.3) is 0 Å². The molecule has 69 heavy (non-hydrogen) atoms. The zero-order valence-corrected chi connectivity index (χ0v) is 40.3. The van der Waals surface area contributed by atoms with Gasteiger partial charge in [0.05, 0.1) is 50.2 Å². The van der Waals surface area contributed by atoms with Gasteiger partial charge in [-0.25, -0.2) is 0 Å². The van der Waals surface area contributed by atoms with Gasteiger partial charge in [0.1, 0.15) is 73.2 Å². The summed E-state index contributed by atoms with van der Waals surface area (Å²) >= 11 is 0. The topological polar surface area (TPSA) is 356 Å². The van der Waals surface area contributed by atoms with Crippen molar-refractivity contribution in [2.24, 2.45) is 50.2 Å². The van der Waals surface area contributed by atoms with Crippen LogP contribution in [0, 0.1) is 50.2 Å². The third kappa shape index (κ3) is 8.38. The molecule has 0 aromatic heterocycles. The first-order chi connectivity index (χ1) is 32.2. The fraction of sp³-hybridized carbons (Fsp3) is 0.938. The van der Waals surface area contributed by atoms with Crippen LogP contribution >= 0.6 is 0 Å². The molecular weight excluding hydrogens is 913 g/mol. The number of allylic oxidation sites excluding steroid dienone is 2. The Hall–Kier alpha value is -1.55. The third-order valence-corrected chi connectivity index (χ3v) is 19.3. The van der Waals surface area contributed by atoms with Crippen LogP contribution in [0.3, 0.4) is 0 Å². The van der Waals surface area contributed by atoms with Crippen molar-refractivity contribution in [3.63, 3.8) is 0 Å². The van der Waals surface area contributed by atoms with Crippen LogP contribution in [0.4, 0.5) is 0 Å². The predicted octanol–water partition coefficient (Wildman–Crippen LogP) is -2.95. The first-order valence-corrected chi connectivity index (χ1v) is 24.7. The van der Waals surface area contributed by atoms with Crippen LogP contribution in [0.15, 0.2) is 11.6 Å². The van der Waals surface area contributed by atoms with Crippen molar-refractivity contribution in [1.29, 1.82) is 0 Å². The van der Waals surface area contributed by atoms with Gasteiger partial charge >= 0.3 is 5.97 Å². The van der Waals surface area contributed by atoms with Crippen LogP contribution in [0.25, 0.3) is 0 Å². The van der Waals surface area contributed by atoms with E-state index in [-0.39, 0.29) is 30.1 Å². The van der Waals surface area contributed by atoms with Crippen molar-refractivity contribution in [3.05, 3.63) is 11.6 Å². The predicted molar refractivity (Wildman–Crippen MR) is 234 cm³/mol. The molecule has 0 aromatic rings. The van der Waals surface area contributed by atoms with E-state index >= 15 is 0 Å². The van der Waals surface area contributed by atoms with Crippen LogP contribution in [0.1, 0.15) is 92.9 Å². The number of carbonyl (C=O) groups is 1. The van der Waals surface area contributed by atoms with E-state index < -0.39 is 176 Å². The highest BCUT2D eigenvalue weighted by Gasteiger charge is 2.73. The Labute approximate surface area is 401 Å². The summed E-state index contributed by atoms with van der Waals surface area (Å²) in [5, 5.41) is 152. The molecule has 0 bridgehead atoms. The Morgan fingerprint density at radius 1 is 0.623 bits per heavy atom.